The zero-order chi connectivity index (χ0) is 18.5. The molecule has 27 heavy (non-hydrogen) atoms. The quantitative estimate of drug-likeness (QED) is 0.418. The number of aromatic hydroxyl groups is 2. The van der Waals surface area contributed by atoms with Crippen molar-refractivity contribution in [3.63, 3.8) is 0 Å². The van der Waals surface area contributed by atoms with E-state index in [0.717, 1.165) is 21.8 Å². The maximum Gasteiger partial charge on any atom is 0.305 e. The lowest BCUT2D eigenvalue weighted by atomic mass is 9.91. The van der Waals surface area contributed by atoms with Crippen molar-refractivity contribution in [2.45, 2.75) is 15.8 Å². The number of fused-ring (bicyclic) bond motifs is 2. The Bertz CT molecular complexity index is 1190. The highest BCUT2D eigenvalue weighted by atomic mass is 32.2. The number of benzene rings is 2. The Hall–Kier alpha value is -2.90. The van der Waals surface area contributed by atoms with Crippen molar-refractivity contribution in [2.24, 2.45) is 0 Å². The molecule has 2 aromatic heterocycles. The molecule has 0 saturated heterocycles. The third-order valence-corrected chi connectivity index (χ3v) is 6.87. The predicted octanol–water partition coefficient (Wildman–Crippen LogP) is 4.28. The molecule has 0 bridgehead atoms. The Balaban J connectivity index is 1.81. The summed E-state index contributed by atoms with van der Waals surface area (Å²) in [4.78, 5) is 16.1. The zero-order valence-corrected chi connectivity index (χ0v) is 15.6. The van der Waals surface area contributed by atoms with Gasteiger partial charge in [-0.15, -0.1) is 0 Å². The first-order valence-electron chi connectivity index (χ1n) is 8.33. The molecule has 0 aliphatic carbocycles. The minimum atomic E-state index is -0.322. The Labute approximate surface area is 162 Å². The topological polar surface area (TPSA) is 78.2 Å². The molecule has 3 N–H and O–H groups in total. The van der Waals surface area contributed by atoms with Crippen molar-refractivity contribution in [3.8, 4) is 17.4 Å². The van der Waals surface area contributed by atoms with Crippen LogP contribution in [0.4, 0.5) is 0 Å². The molecular formula is C20H14N2O3S2. The molecule has 0 amide bonds. The monoisotopic (exact) mass is 394 g/mol. The lowest BCUT2D eigenvalue weighted by Gasteiger charge is -2.22. The highest BCUT2D eigenvalue weighted by Crippen LogP contribution is 2.56. The number of H-pyrrole nitrogens is 1. The zero-order valence-electron chi connectivity index (χ0n) is 13.9. The molecule has 1 unspecified atom stereocenters. The van der Waals surface area contributed by atoms with Gasteiger partial charge >= 0.3 is 4.87 Å². The summed E-state index contributed by atoms with van der Waals surface area (Å²) in [6.45, 7) is 0. The van der Waals surface area contributed by atoms with Gasteiger partial charge in [0.05, 0.1) is 26.4 Å². The van der Waals surface area contributed by atoms with E-state index in [1.54, 1.807) is 0 Å². The van der Waals surface area contributed by atoms with Gasteiger partial charge in [0, 0.05) is 5.56 Å². The number of nitrogens with one attached hydrogen (secondary N) is 1. The van der Waals surface area contributed by atoms with Crippen LogP contribution in [0.3, 0.4) is 0 Å². The Morgan fingerprint density at radius 2 is 1.59 bits per heavy atom. The van der Waals surface area contributed by atoms with Crippen molar-refractivity contribution in [1.29, 1.82) is 0 Å². The van der Waals surface area contributed by atoms with E-state index in [4.69, 9.17) is 0 Å². The molecule has 3 heterocycles. The third kappa shape index (κ3) is 2.43. The van der Waals surface area contributed by atoms with Crippen molar-refractivity contribution in [3.05, 3.63) is 86.3 Å². The average molecular weight is 394 g/mol. The van der Waals surface area contributed by atoms with E-state index in [1.165, 1.54) is 16.3 Å². The minimum Gasteiger partial charge on any atom is -0.494 e. The summed E-state index contributed by atoms with van der Waals surface area (Å²) in [5, 5.41) is 22.7. The van der Waals surface area contributed by atoms with Gasteiger partial charge in [0.1, 0.15) is 0 Å². The van der Waals surface area contributed by atoms with E-state index >= 15 is 0 Å². The fraction of sp³-hybridized carbons (Fsp3) is 0.0500. The molecule has 0 fully saturated rings. The number of nitrogens with zero attached hydrogens (tertiary/aromatic N) is 1. The molecule has 4 aromatic rings. The van der Waals surface area contributed by atoms with Crippen LogP contribution in [0.15, 0.2) is 75.4 Å². The Morgan fingerprint density at radius 1 is 0.926 bits per heavy atom. The van der Waals surface area contributed by atoms with Crippen LogP contribution in [0, 0.1) is 0 Å². The molecule has 0 saturated carbocycles. The van der Waals surface area contributed by atoms with Gasteiger partial charge in [-0.2, -0.15) is 0 Å². The maximum atomic E-state index is 12.0. The molecule has 1 atom stereocenters. The molecule has 5 nitrogen and oxygen atoms in total. The number of rotatable bonds is 2. The highest BCUT2D eigenvalue weighted by molar-refractivity contribution is 7.99. The second-order valence-electron chi connectivity index (χ2n) is 6.21. The van der Waals surface area contributed by atoms with Crippen LogP contribution in [0.2, 0.25) is 0 Å². The van der Waals surface area contributed by atoms with E-state index in [0.29, 0.717) is 21.2 Å². The van der Waals surface area contributed by atoms with Gasteiger partial charge in [0.15, 0.2) is 0 Å². The number of para-hydroxylation sites is 1. The SMILES string of the molecule is O=c1[nH]c2c(s1)C(c1ccccc1)c1c(c(O)n(-c3ccccc3)c1O)S2. The predicted molar refractivity (Wildman–Crippen MR) is 106 cm³/mol. The first-order chi connectivity index (χ1) is 13.1. The van der Waals surface area contributed by atoms with Crippen LogP contribution in [-0.2, 0) is 0 Å². The standard InChI is InChI=1S/C20H14N2O3S2/c23-18-14-13(11-7-3-1-4-8-11)15-17(21-20(25)27-15)26-16(14)19(24)22(18)12-9-5-2-6-10-12/h1-10,13,23-24H,(H,21,25). The molecule has 134 valence electrons. The Morgan fingerprint density at radius 3 is 2.30 bits per heavy atom. The Kier molecular flexibility index (Phi) is 3.66. The summed E-state index contributed by atoms with van der Waals surface area (Å²) >= 11 is 2.42. The fourth-order valence-electron chi connectivity index (χ4n) is 3.52. The van der Waals surface area contributed by atoms with Gasteiger partial charge in [0.2, 0.25) is 11.8 Å². The van der Waals surface area contributed by atoms with E-state index in [9.17, 15) is 15.0 Å². The van der Waals surface area contributed by atoms with E-state index in [1.807, 2.05) is 60.7 Å². The first kappa shape index (κ1) is 16.3. The fourth-order valence-corrected chi connectivity index (χ4v) is 5.77. The van der Waals surface area contributed by atoms with Crippen molar-refractivity contribution in [2.75, 3.05) is 0 Å². The van der Waals surface area contributed by atoms with Crippen LogP contribution >= 0.6 is 23.1 Å². The summed E-state index contributed by atoms with van der Waals surface area (Å²) in [7, 11) is 0. The summed E-state index contributed by atoms with van der Waals surface area (Å²) in [5.74, 6) is -0.365. The third-order valence-electron chi connectivity index (χ3n) is 4.66. The number of aromatic amines is 1. The van der Waals surface area contributed by atoms with Gasteiger partial charge in [0.25, 0.3) is 0 Å². The molecular weight excluding hydrogens is 380 g/mol. The molecule has 5 rings (SSSR count). The van der Waals surface area contributed by atoms with Gasteiger partial charge < -0.3 is 15.2 Å². The summed E-state index contributed by atoms with van der Waals surface area (Å²) in [6.07, 6.45) is 0. The van der Waals surface area contributed by atoms with E-state index < -0.39 is 0 Å². The maximum absolute atomic E-state index is 12.0. The summed E-state index contributed by atoms with van der Waals surface area (Å²) in [6, 6.07) is 18.9. The largest absolute Gasteiger partial charge is 0.494 e. The van der Waals surface area contributed by atoms with Crippen molar-refractivity contribution < 1.29 is 10.2 Å². The van der Waals surface area contributed by atoms with Crippen LogP contribution < -0.4 is 4.87 Å². The van der Waals surface area contributed by atoms with E-state index in [2.05, 4.69) is 4.98 Å². The molecule has 1 aliphatic heterocycles. The first-order valence-corrected chi connectivity index (χ1v) is 9.96. The number of thiazole rings is 1. The molecule has 0 radical (unpaired) electrons. The van der Waals surface area contributed by atoms with Gasteiger partial charge in [-0.05, 0) is 17.7 Å². The van der Waals surface area contributed by atoms with E-state index in [-0.39, 0.29) is 22.6 Å². The smallest absolute Gasteiger partial charge is 0.305 e. The second-order valence-corrected chi connectivity index (χ2v) is 8.25. The molecule has 0 spiro atoms. The van der Waals surface area contributed by atoms with Gasteiger partial charge in [-0.25, -0.2) is 0 Å². The van der Waals surface area contributed by atoms with Crippen molar-refractivity contribution in [1.82, 2.24) is 9.55 Å². The minimum absolute atomic E-state index is 0.0125. The average Bonchev–Trinajstić information content (AvgIpc) is 3.18. The van der Waals surface area contributed by atoms with Crippen LogP contribution in [0.25, 0.3) is 5.69 Å². The van der Waals surface area contributed by atoms with Crippen LogP contribution in [-0.4, -0.2) is 19.8 Å². The van der Waals surface area contributed by atoms with Gasteiger partial charge in [-0.1, -0.05) is 71.6 Å². The molecule has 7 heteroatoms. The van der Waals surface area contributed by atoms with Crippen LogP contribution in [0.5, 0.6) is 11.8 Å². The number of aromatic nitrogens is 2. The van der Waals surface area contributed by atoms with Crippen LogP contribution in [0.1, 0.15) is 21.9 Å². The molecule has 2 aromatic carbocycles. The summed E-state index contributed by atoms with van der Waals surface area (Å²) < 4.78 is 1.45. The van der Waals surface area contributed by atoms with Gasteiger partial charge in [-0.3, -0.25) is 9.36 Å². The highest BCUT2D eigenvalue weighted by Gasteiger charge is 2.38. The normalized spacial score (nSPS) is 15.3. The van der Waals surface area contributed by atoms with Crippen molar-refractivity contribution >= 4 is 23.1 Å². The lowest BCUT2D eigenvalue weighted by Crippen LogP contribution is -2.07. The lowest BCUT2D eigenvalue weighted by molar-refractivity contribution is 0.397. The second kappa shape index (κ2) is 6.07. The number of hydrogen-bond donors (Lipinski definition) is 3. The summed E-state index contributed by atoms with van der Waals surface area (Å²) in [5.41, 5.74) is 2.25. The molecule has 1 aliphatic rings. The number of hydrogen-bond acceptors (Lipinski definition) is 5.